The summed E-state index contributed by atoms with van der Waals surface area (Å²) < 4.78 is 26.7. The number of anilines is 2. The number of nitrogens with one attached hydrogen (secondary N) is 1. The predicted octanol–water partition coefficient (Wildman–Crippen LogP) is 2.40. The molecule has 5 nitrogen and oxygen atoms in total. The minimum absolute atomic E-state index is 0.0375. The topological polar surface area (TPSA) is 66.5 Å². The van der Waals surface area contributed by atoms with Gasteiger partial charge in [-0.15, -0.1) is 0 Å². The van der Waals surface area contributed by atoms with E-state index in [9.17, 15) is 13.2 Å². The molecule has 22 heavy (non-hydrogen) atoms. The second kappa shape index (κ2) is 5.46. The number of rotatable bonds is 3. The zero-order chi connectivity index (χ0) is 15.7. The Morgan fingerprint density at radius 1 is 1.05 bits per heavy atom. The number of amides is 1. The number of para-hydroxylation sites is 1. The molecule has 2 aromatic carbocycles. The van der Waals surface area contributed by atoms with E-state index in [1.54, 1.807) is 36.4 Å². The van der Waals surface area contributed by atoms with Crippen LogP contribution in [0.1, 0.15) is 12.0 Å². The monoisotopic (exact) mass is 316 g/mol. The number of sulfonamides is 1. The van der Waals surface area contributed by atoms with E-state index in [0.29, 0.717) is 24.2 Å². The van der Waals surface area contributed by atoms with Crippen LogP contribution < -0.4 is 9.62 Å². The molecule has 0 aromatic heterocycles. The zero-order valence-corrected chi connectivity index (χ0v) is 12.9. The predicted molar refractivity (Wildman–Crippen MR) is 85.4 cm³/mol. The van der Waals surface area contributed by atoms with Gasteiger partial charge in [-0.05, 0) is 42.3 Å². The molecule has 2 aromatic rings. The summed E-state index contributed by atoms with van der Waals surface area (Å²) in [5, 5.41) is 2.75. The van der Waals surface area contributed by atoms with Gasteiger partial charge in [0.2, 0.25) is 5.91 Å². The fourth-order valence-electron chi connectivity index (χ4n) is 2.46. The first-order valence-corrected chi connectivity index (χ1v) is 8.39. The largest absolute Gasteiger partial charge is 0.326 e. The summed E-state index contributed by atoms with van der Waals surface area (Å²) in [6.45, 7) is 0. The number of carbonyl (C=O) groups excluding carboxylic acids is 1. The summed E-state index contributed by atoms with van der Waals surface area (Å²) >= 11 is 0. The molecule has 1 aliphatic heterocycles. The first kappa shape index (κ1) is 14.6. The van der Waals surface area contributed by atoms with Crippen LogP contribution in [-0.4, -0.2) is 21.4 Å². The fourth-order valence-corrected chi connectivity index (χ4v) is 3.70. The van der Waals surface area contributed by atoms with E-state index in [1.807, 2.05) is 6.07 Å². The highest BCUT2D eigenvalue weighted by atomic mass is 32.2. The molecule has 1 heterocycles. The molecule has 0 bridgehead atoms. The highest BCUT2D eigenvalue weighted by Gasteiger charge is 2.23. The Bertz CT molecular complexity index is 817. The average Bonchev–Trinajstić information content (AvgIpc) is 2.54. The Labute approximate surface area is 129 Å². The van der Waals surface area contributed by atoms with Crippen LogP contribution in [0.15, 0.2) is 53.4 Å². The minimum atomic E-state index is -3.62. The maximum absolute atomic E-state index is 12.7. The van der Waals surface area contributed by atoms with Crippen molar-refractivity contribution in [1.29, 1.82) is 0 Å². The molecule has 0 saturated carbocycles. The maximum Gasteiger partial charge on any atom is 0.264 e. The summed E-state index contributed by atoms with van der Waals surface area (Å²) in [4.78, 5) is 11.6. The van der Waals surface area contributed by atoms with Gasteiger partial charge in [0.15, 0.2) is 0 Å². The van der Waals surface area contributed by atoms with Crippen LogP contribution in [0.5, 0.6) is 0 Å². The third-order valence-electron chi connectivity index (χ3n) is 3.75. The van der Waals surface area contributed by atoms with E-state index in [0.717, 1.165) is 5.56 Å². The lowest BCUT2D eigenvalue weighted by molar-refractivity contribution is -0.116. The molecule has 0 aliphatic carbocycles. The van der Waals surface area contributed by atoms with Crippen LogP contribution in [-0.2, 0) is 21.2 Å². The Kier molecular flexibility index (Phi) is 3.62. The zero-order valence-electron chi connectivity index (χ0n) is 12.1. The Morgan fingerprint density at radius 2 is 1.77 bits per heavy atom. The highest BCUT2D eigenvalue weighted by Crippen LogP contribution is 2.28. The third-order valence-corrected chi connectivity index (χ3v) is 5.53. The van der Waals surface area contributed by atoms with Crippen LogP contribution in [0.2, 0.25) is 0 Å². The number of carbonyl (C=O) groups is 1. The molecule has 0 spiro atoms. The molecule has 3 rings (SSSR count). The van der Waals surface area contributed by atoms with Crippen LogP contribution >= 0.6 is 0 Å². The molecule has 114 valence electrons. The van der Waals surface area contributed by atoms with Gasteiger partial charge in [-0.2, -0.15) is 0 Å². The van der Waals surface area contributed by atoms with Gasteiger partial charge < -0.3 is 5.32 Å². The number of benzene rings is 2. The number of nitrogens with zero attached hydrogens (tertiary/aromatic N) is 1. The van der Waals surface area contributed by atoms with E-state index in [4.69, 9.17) is 0 Å². The first-order valence-electron chi connectivity index (χ1n) is 6.95. The van der Waals surface area contributed by atoms with Crippen molar-refractivity contribution in [3.8, 4) is 0 Å². The second-order valence-electron chi connectivity index (χ2n) is 5.18. The molecule has 0 atom stereocenters. The maximum atomic E-state index is 12.7. The van der Waals surface area contributed by atoms with Crippen LogP contribution in [0, 0.1) is 0 Å². The molecule has 1 aliphatic rings. The lowest BCUT2D eigenvalue weighted by Gasteiger charge is -2.22. The molecule has 1 amide bonds. The van der Waals surface area contributed by atoms with Crippen molar-refractivity contribution < 1.29 is 13.2 Å². The van der Waals surface area contributed by atoms with Crippen molar-refractivity contribution in [1.82, 2.24) is 0 Å². The van der Waals surface area contributed by atoms with Crippen molar-refractivity contribution in [2.45, 2.75) is 17.7 Å². The smallest absolute Gasteiger partial charge is 0.264 e. The number of hydrogen-bond donors (Lipinski definition) is 1. The second-order valence-corrected chi connectivity index (χ2v) is 7.14. The molecule has 0 radical (unpaired) electrons. The van der Waals surface area contributed by atoms with Crippen LogP contribution in [0.3, 0.4) is 0 Å². The third kappa shape index (κ3) is 2.57. The lowest BCUT2D eigenvalue weighted by Crippen LogP contribution is -2.27. The van der Waals surface area contributed by atoms with Crippen molar-refractivity contribution in [2.24, 2.45) is 0 Å². The van der Waals surface area contributed by atoms with Gasteiger partial charge in [0.05, 0.1) is 10.6 Å². The summed E-state index contributed by atoms with van der Waals surface area (Å²) in [7, 11) is -2.08. The molecular weight excluding hydrogens is 300 g/mol. The van der Waals surface area contributed by atoms with Gasteiger partial charge in [0, 0.05) is 19.2 Å². The van der Waals surface area contributed by atoms with Crippen molar-refractivity contribution in [3.63, 3.8) is 0 Å². The fraction of sp³-hybridized carbons (Fsp3) is 0.188. The molecule has 1 N–H and O–H groups in total. The van der Waals surface area contributed by atoms with E-state index in [1.165, 1.54) is 17.4 Å². The van der Waals surface area contributed by atoms with Gasteiger partial charge in [-0.3, -0.25) is 9.10 Å². The Hall–Kier alpha value is -2.34. The summed E-state index contributed by atoms with van der Waals surface area (Å²) in [6, 6.07) is 13.7. The summed E-state index contributed by atoms with van der Waals surface area (Å²) in [6.07, 6.45) is 0.935. The lowest BCUT2D eigenvalue weighted by atomic mass is 10.0. The molecule has 0 saturated heterocycles. The SMILES string of the molecule is CN(c1ccccc1)S(=O)(=O)c1ccc2c(c1)CCC(=O)N2. The Balaban J connectivity index is 1.98. The molecule has 0 unspecified atom stereocenters. The van der Waals surface area contributed by atoms with E-state index in [-0.39, 0.29) is 10.8 Å². The van der Waals surface area contributed by atoms with Gasteiger partial charge in [0.25, 0.3) is 10.0 Å². The van der Waals surface area contributed by atoms with Crippen molar-refractivity contribution >= 4 is 27.3 Å². The van der Waals surface area contributed by atoms with E-state index in [2.05, 4.69) is 5.32 Å². The minimum Gasteiger partial charge on any atom is -0.326 e. The van der Waals surface area contributed by atoms with E-state index >= 15 is 0 Å². The quantitative estimate of drug-likeness (QED) is 0.945. The number of fused-ring (bicyclic) bond motifs is 1. The average molecular weight is 316 g/mol. The van der Waals surface area contributed by atoms with Gasteiger partial charge in [-0.25, -0.2) is 8.42 Å². The van der Waals surface area contributed by atoms with Gasteiger partial charge >= 0.3 is 0 Å². The molecular formula is C16H16N2O3S. The first-order chi connectivity index (χ1) is 10.5. The normalized spacial score (nSPS) is 14.1. The standard InChI is InChI=1S/C16H16N2O3S/c1-18(13-5-3-2-4-6-13)22(20,21)14-8-9-15-12(11-14)7-10-16(19)17-15/h2-6,8-9,11H,7,10H2,1H3,(H,17,19). The van der Waals surface area contributed by atoms with Crippen LogP contribution in [0.25, 0.3) is 0 Å². The van der Waals surface area contributed by atoms with E-state index < -0.39 is 10.0 Å². The highest BCUT2D eigenvalue weighted by molar-refractivity contribution is 7.92. The Morgan fingerprint density at radius 3 is 2.50 bits per heavy atom. The molecule has 0 fully saturated rings. The number of aryl methyl sites for hydroxylation is 1. The van der Waals surface area contributed by atoms with Crippen molar-refractivity contribution in [2.75, 3.05) is 16.7 Å². The van der Waals surface area contributed by atoms with Gasteiger partial charge in [0.1, 0.15) is 0 Å². The van der Waals surface area contributed by atoms with Crippen LogP contribution in [0.4, 0.5) is 11.4 Å². The summed E-state index contributed by atoms with van der Waals surface area (Å²) in [5.74, 6) is -0.0375. The molecule has 6 heteroatoms. The van der Waals surface area contributed by atoms with Crippen molar-refractivity contribution in [3.05, 3.63) is 54.1 Å². The summed E-state index contributed by atoms with van der Waals surface area (Å²) in [5.41, 5.74) is 2.15. The van der Waals surface area contributed by atoms with Gasteiger partial charge in [-0.1, -0.05) is 18.2 Å². The number of hydrogen-bond acceptors (Lipinski definition) is 3.